The number of rotatable bonds is 6. The van der Waals surface area contributed by atoms with Crippen molar-refractivity contribution in [1.29, 1.82) is 5.41 Å². The summed E-state index contributed by atoms with van der Waals surface area (Å²) in [5, 5.41) is 19.0. The molecule has 1 atom stereocenters. The molecular formula is C23H24N4O2. The van der Waals surface area contributed by atoms with Crippen LogP contribution in [0, 0.1) is 12.3 Å². The van der Waals surface area contributed by atoms with E-state index in [0.29, 0.717) is 24.1 Å². The van der Waals surface area contributed by atoms with Crippen molar-refractivity contribution >= 4 is 11.0 Å². The van der Waals surface area contributed by atoms with Gasteiger partial charge in [0.1, 0.15) is 0 Å². The van der Waals surface area contributed by atoms with Gasteiger partial charge in [-0.2, -0.15) is 0 Å². The molecule has 0 saturated heterocycles. The lowest BCUT2D eigenvalue weighted by molar-refractivity contribution is 0.225. The Balaban J connectivity index is 1.81. The topological polar surface area (TPSA) is 86.8 Å². The first-order valence-corrected chi connectivity index (χ1v) is 9.66. The first-order valence-electron chi connectivity index (χ1n) is 9.66. The number of pyridine rings is 1. The van der Waals surface area contributed by atoms with Gasteiger partial charge in [-0.25, -0.2) is 0 Å². The third-order valence-electron chi connectivity index (χ3n) is 5.31. The van der Waals surface area contributed by atoms with Crippen molar-refractivity contribution in [2.24, 2.45) is 0 Å². The second-order valence-electron chi connectivity index (χ2n) is 7.32. The largest absolute Gasteiger partial charge is 0.394 e. The number of aliphatic hydroxyl groups is 1. The van der Waals surface area contributed by atoms with Crippen LogP contribution < -0.4 is 11.2 Å². The van der Waals surface area contributed by atoms with Crippen LogP contribution in [0.4, 0.5) is 0 Å². The Morgan fingerprint density at radius 1 is 1.03 bits per heavy atom. The molecule has 6 heteroatoms. The molecule has 2 aromatic carbocycles. The summed E-state index contributed by atoms with van der Waals surface area (Å²) in [5.41, 5.74) is 4.83. The van der Waals surface area contributed by atoms with E-state index < -0.39 is 6.04 Å². The van der Waals surface area contributed by atoms with Crippen molar-refractivity contribution in [3.63, 3.8) is 0 Å². The molecule has 4 rings (SSSR count). The zero-order valence-corrected chi connectivity index (χ0v) is 16.3. The highest BCUT2D eigenvalue weighted by molar-refractivity contribution is 5.76. The molecule has 3 N–H and O–H groups in total. The summed E-state index contributed by atoms with van der Waals surface area (Å²) in [4.78, 5) is 14.8. The summed E-state index contributed by atoms with van der Waals surface area (Å²) in [5.74, 6) is 0. The van der Waals surface area contributed by atoms with Gasteiger partial charge >= 0.3 is 0 Å². The molecule has 0 saturated carbocycles. The third kappa shape index (κ3) is 3.67. The van der Waals surface area contributed by atoms with E-state index in [1.54, 1.807) is 18.3 Å². The van der Waals surface area contributed by atoms with E-state index in [1.165, 1.54) is 5.56 Å². The van der Waals surface area contributed by atoms with Crippen LogP contribution in [-0.2, 0) is 13.0 Å². The van der Waals surface area contributed by atoms with Crippen molar-refractivity contribution in [3.8, 4) is 0 Å². The first kappa shape index (κ1) is 19.0. The summed E-state index contributed by atoms with van der Waals surface area (Å²) >= 11 is 0. The molecule has 29 heavy (non-hydrogen) atoms. The summed E-state index contributed by atoms with van der Waals surface area (Å²) < 4.78 is 3.77. The van der Waals surface area contributed by atoms with Gasteiger partial charge in [0.15, 0.2) is 0 Å². The van der Waals surface area contributed by atoms with Crippen molar-refractivity contribution in [3.05, 3.63) is 99.5 Å². The average Bonchev–Trinajstić information content (AvgIpc) is 3.01. The van der Waals surface area contributed by atoms with Crippen molar-refractivity contribution in [2.75, 3.05) is 6.61 Å². The number of hydrogen-bond donors (Lipinski definition) is 3. The molecule has 0 aliphatic carbocycles. The normalized spacial score (nSPS) is 12.3. The molecule has 148 valence electrons. The highest BCUT2D eigenvalue weighted by Gasteiger charge is 2.19. The Hall–Kier alpha value is -3.38. The number of aliphatic hydroxyl groups excluding tert-OH is 1. The number of fused-ring (bicyclic) bond motifs is 1. The van der Waals surface area contributed by atoms with Crippen LogP contribution in [0.1, 0.15) is 22.7 Å². The van der Waals surface area contributed by atoms with E-state index in [9.17, 15) is 9.90 Å². The second-order valence-corrected chi connectivity index (χ2v) is 7.32. The molecule has 0 bridgehead atoms. The van der Waals surface area contributed by atoms with Crippen LogP contribution in [-0.4, -0.2) is 25.8 Å². The molecule has 6 nitrogen and oxygen atoms in total. The fourth-order valence-corrected chi connectivity index (χ4v) is 3.77. The van der Waals surface area contributed by atoms with Gasteiger partial charge < -0.3 is 19.2 Å². The number of aromatic amines is 1. The quantitative estimate of drug-likeness (QED) is 0.474. The lowest BCUT2D eigenvalue weighted by Gasteiger charge is -2.17. The van der Waals surface area contributed by atoms with Gasteiger partial charge in [0.25, 0.3) is 5.56 Å². The molecule has 1 unspecified atom stereocenters. The Labute approximate surface area is 168 Å². The molecule has 0 aliphatic heterocycles. The molecular weight excluding hydrogens is 364 g/mol. The van der Waals surface area contributed by atoms with E-state index in [0.717, 1.165) is 16.6 Å². The zero-order valence-electron chi connectivity index (χ0n) is 16.3. The number of nitrogens with one attached hydrogen (secondary N) is 2. The number of hydrogen-bond acceptors (Lipinski definition) is 3. The fraction of sp³-hybridized carbons (Fsp3) is 0.217. The molecule has 0 radical (unpaired) electrons. The number of nitrogens with zero attached hydrogens (tertiary/aromatic N) is 2. The van der Waals surface area contributed by atoms with E-state index in [4.69, 9.17) is 5.41 Å². The maximum absolute atomic E-state index is 12.1. The van der Waals surface area contributed by atoms with Gasteiger partial charge in [0, 0.05) is 18.2 Å². The van der Waals surface area contributed by atoms with Crippen LogP contribution in [0.15, 0.2) is 71.7 Å². The molecule has 0 aliphatic rings. The van der Waals surface area contributed by atoms with Crippen molar-refractivity contribution in [1.82, 2.24) is 14.1 Å². The van der Waals surface area contributed by atoms with Crippen LogP contribution in [0.3, 0.4) is 0 Å². The number of benzene rings is 2. The van der Waals surface area contributed by atoms with Crippen LogP contribution in [0.25, 0.3) is 11.0 Å². The highest BCUT2D eigenvalue weighted by atomic mass is 16.3. The smallest absolute Gasteiger partial charge is 0.251 e. The Morgan fingerprint density at radius 2 is 1.76 bits per heavy atom. The SMILES string of the molecule is Cc1ccc(Cn2c(=N)n(C(CO)Cc3ccc[nH]c3=O)c3ccccc32)cc1. The molecule has 0 fully saturated rings. The van der Waals surface area contributed by atoms with Gasteiger partial charge in [-0.05, 0) is 30.7 Å². The van der Waals surface area contributed by atoms with Gasteiger partial charge in [0.2, 0.25) is 5.62 Å². The van der Waals surface area contributed by atoms with Crippen molar-refractivity contribution in [2.45, 2.75) is 25.9 Å². The van der Waals surface area contributed by atoms with Gasteiger partial charge in [-0.3, -0.25) is 10.2 Å². The number of imidazole rings is 1. The predicted molar refractivity (Wildman–Crippen MR) is 113 cm³/mol. The minimum Gasteiger partial charge on any atom is -0.394 e. The standard InChI is InChI=1S/C23H24N4O2/c1-16-8-10-17(11-9-16)14-26-20-6-2-3-7-21(20)27(23(26)24)19(15-28)13-18-5-4-12-25-22(18)29/h2-12,19,24,28H,13-15H2,1H3,(H,25,29). The van der Waals surface area contributed by atoms with Crippen LogP contribution in [0.5, 0.6) is 0 Å². The molecule has 2 aromatic heterocycles. The lowest BCUT2D eigenvalue weighted by Crippen LogP contribution is -2.31. The molecule has 2 heterocycles. The molecule has 0 spiro atoms. The fourth-order valence-electron chi connectivity index (χ4n) is 3.77. The van der Waals surface area contributed by atoms with Crippen LogP contribution in [0.2, 0.25) is 0 Å². The zero-order chi connectivity index (χ0) is 20.4. The number of aromatic nitrogens is 3. The first-order chi connectivity index (χ1) is 14.1. The minimum absolute atomic E-state index is 0.163. The van der Waals surface area contributed by atoms with E-state index in [2.05, 4.69) is 36.2 Å². The lowest BCUT2D eigenvalue weighted by atomic mass is 10.1. The average molecular weight is 388 g/mol. The third-order valence-corrected chi connectivity index (χ3v) is 5.31. The van der Waals surface area contributed by atoms with Gasteiger partial charge in [-0.1, -0.05) is 48.0 Å². The predicted octanol–water partition coefficient (Wildman–Crippen LogP) is 2.74. The highest BCUT2D eigenvalue weighted by Crippen LogP contribution is 2.20. The maximum Gasteiger partial charge on any atom is 0.251 e. The van der Waals surface area contributed by atoms with E-state index >= 15 is 0 Å². The van der Waals surface area contributed by atoms with Crippen molar-refractivity contribution < 1.29 is 5.11 Å². The molecule has 4 aromatic rings. The Bertz CT molecular complexity index is 1250. The second kappa shape index (κ2) is 7.93. The van der Waals surface area contributed by atoms with E-state index in [-0.39, 0.29) is 12.2 Å². The monoisotopic (exact) mass is 388 g/mol. The summed E-state index contributed by atoms with van der Waals surface area (Å²) in [6, 6.07) is 19.2. The Kier molecular flexibility index (Phi) is 5.18. The van der Waals surface area contributed by atoms with Crippen LogP contribution >= 0.6 is 0 Å². The number of para-hydroxylation sites is 2. The van der Waals surface area contributed by atoms with Gasteiger partial charge in [0.05, 0.1) is 30.2 Å². The molecule has 0 amide bonds. The number of aryl methyl sites for hydroxylation is 1. The Morgan fingerprint density at radius 3 is 2.45 bits per heavy atom. The summed E-state index contributed by atoms with van der Waals surface area (Å²) in [6.45, 7) is 2.45. The maximum atomic E-state index is 12.1. The minimum atomic E-state index is -0.407. The summed E-state index contributed by atoms with van der Waals surface area (Å²) in [6.07, 6.45) is 1.94. The summed E-state index contributed by atoms with van der Waals surface area (Å²) in [7, 11) is 0. The van der Waals surface area contributed by atoms with Gasteiger partial charge in [-0.15, -0.1) is 0 Å². The number of H-pyrrole nitrogens is 1. The van der Waals surface area contributed by atoms with E-state index in [1.807, 2.05) is 33.4 Å².